The Balaban J connectivity index is 1.43. The average molecular weight is 488 g/mol. The van der Waals surface area contributed by atoms with E-state index in [1.807, 2.05) is 12.1 Å². The Labute approximate surface area is 200 Å². The van der Waals surface area contributed by atoms with Gasteiger partial charge in [0.2, 0.25) is 0 Å². The van der Waals surface area contributed by atoms with Crippen molar-refractivity contribution in [3.8, 4) is 5.75 Å². The molecule has 0 aliphatic carbocycles. The van der Waals surface area contributed by atoms with Gasteiger partial charge < -0.3 is 9.64 Å². The summed E-state index contributed by atoms with van der Waals surface area (Å²) >= 11 is -0.115. The molecule has 0 spiro atoms. The van der Waals surface area contributed by atoms with Gasteiger partial charge in [0, 0.05) is 35.4 Å². The van der Waals surface area contributed by atoms with E-state index in [0.29, 0.717) is 25.5 Å². The third-order valence-corrected chi connectivity index (χ3v) is 6.31. The van der Waals surface area contributed by atoms with Gasteiger partial charge in [0.05, 0.1) is 6.67 Å². The molecule has 9 heteroatoms. The zero-order valence-electron chi connectivity index (χ0n) is 18.7. The number of hydrogen-bond acceptors (Lipinski definition) is 6. The Morgan fingerprint density at radius 1 is 1.09 bits per heavy atom. The summed E-state index contributed by atoms with van der Waals surface area (Å²) in [5, 5.41) is 0. The van der Waals surface area contributed by atoms with E-state index in [0.717, 1.165) is 11.3 Å². The maximum Gasteiger partial charge on any atom is 0.446 e. The molecular formula is C25H24F3N3O2S. The fourth-order valence-corrected chi connectivity index (χ4v) is 4.40. The number of esters is 1. The lowest BCUT2D eigenvalue weighted by Gasteiger charge is -2.29. The summed E-state index contributed by atoms with van der Waals surface area (Å²) in [7, 11) is 0. The number of para-hydroxylation sites is 1. The lowest BCUT2D eigenvalue weighted by Crippen LogP contribution is -2.39. The average Bonchev–Trinajstić information content (AvgIpc) is 3.08. The van der Waals surface area contributed by atoms with Crippen LogP contribution < -0.4 is 9.64 Å². The molecule has 1 aliphatic rings. The van der Waals surface area contributed by atoms with Gasteiger partial charge in [0.15, 0.2) is 0 Å². The molecule has 0 unspecified atom stereocenters. The smallest absolute Gasteiger partial charge is 0.422 e. The molecule has 178 valence electrons. The van der Waals surface area contributed by atoms with Gasteiger partial charge in [0.1, 0.15) is 11.4 Å². The van der Waals surface area contributed by atoms with Crippen LogP contribution in [0.2, 0.25) is 0 Å². The van der Waals surface area contributed by atoms with Crippen LogP contribution in [0.15, 0.2) is 77.8 Å². The van der Waals surface area contributed by atoms with Crippen molar-refractivity contribution in [1.82, 2.24) is 9.88 Å². The fourth-order valence-electron chi connectivity index (χ4n) is 3.86. The number of thioether (sulfide) groups is 1. The van der Waals surface area contributed by atoms with Gasteiger partial charge in [0.25, 0.3) is 0 Å². The standard InChI is InChI=1S/C25H24F3N3O2S/c1-24(2)16-30(19-8-10-21(11-9-19)34-25(26,27)28)17-31(24)15-18-12-13-29-22(14-18)23(32)33-20-6-4-3-5-7-20/h3-14H,15-17H2,1-2H3. The van der Waals surface area contributed by atoms with Gasteiger partial charge in [-0.15, -0.1) is 0 Å². The van der Waals surface area contributed by atoms with Crippen molar-refractivity contribution in [3.05, 3.63) is 84.2 Å². The van der Waals surface area contributed by atoms with Crippen LogP contribution in [0.1, 0.15) is 29.9 Å². The Hall–Kier alpha value is -3.04. The summed E-state index contributed by atoms with van der Waals surface area (Å²) in [4.78, 5) is 21.2. The molecule has 0 N–H and O–H groups in total. The molecule has 5 nitrogen and oxygen atoms in total. The number of halogens is 3. The normalized spacial score (nSPS) is 16.0. The largest absolute Gasteiger partial charge is 0.446 e. The number of ether oxygens (including phenoxy) is 1. The molecule has 1 aromatic heterocycles. The molecule has 3 aromatic rings. The summed E-state index contributed by atoms with van der Waals surface area (Å²) in [6, 6.07) is 18.9. The Kier molecular flexibility index (Phi) is 6.86. The van der Waals surface area contributed by atoms with Crippen LogP contribution in [0, 0.1) is 0 Å². The summed E-state index contributed by atoms with van der Waals surface area (Å²) in [5.41, 5.74) is -2.48. The summed E-state index contributed by atoms with van der Waals surface area (Å²) in [5.74, 6) is -0.0668. The SMILES string of the molecule is CC1(C)CN(c2ccc(SC(F)(F)F)cc2)CN1Cc1ccnc(C(=O)Oc2ccccc2)c1. The number of hydrogen-bond donors (Lipinski definition) is 0. The highest BCUT2D eigenvalue weighted by Gasteiger charge is 2.37. The predicted octanol–water partition coefficient (Wildman–Crippen LogP) is 5.97. The topological polar surface area (TPSA) is 45.7 Å². The maximum absolute atomic E-state index is 12.6. The van der Waals surface area contributed by atoms with Crippen molar-refractivity contribution < 1.29 is 22.7 Å². The van der Waals surface area contributed by atoms with Gasteiger partial charge in [-0.2, -0.15) is 13.2 Å². The minimum Gasteiger partial charge on any atom is -0.422 e. The first-order valence-electron chi connectivity index (χ1n) is 10.7. The van der Waals surface area contributed by atoms with E-state index in [4.69, 9.17) is 4.74 Å². The van der Waals surface area contributed by atoms with Crippen LogP contribution in [0.3, 0.4) is 0 Å². The minimum atomic E-state index is -4.30. The van der Waals surface area contributed by atoms with Crippen LogP contribution in [-0.2, 0) is 6.54 Å². The van der Waals surface area contributed by atoms with Crippen molar-refractivity contribution in [2.24, 2.45) is 0 Å². The first-order chi connectivity index (χ1) is 16.1. The van der Waals surface area contributed by atoms with E-state index in [9.17, 15) is 18.0 Å². The summed E-state index contributed by atoms with van der Waals surface area (Å²) in [6.07, 6.45) is 1.59. The quantitative estimate of drug-likeness (QED) is 0.243. The predicted molar refractivity (Wildman–Crippen MR) is 126 cm³/mol. The number of carbonyl (C=O) groups is 1. The second-order valence-corrected chi connectivity index (χ2v) is 9.78. The third-order valence-electron chi connectivity index (χ3n) is 5.57. The van der Waals surface area contributed by atoms with E-state index >= 15 is 0 Å². The van der Waals surface area contributed by atoms with Crippen LogP contribution in [0.5, 0.6) is 5.75 Å². The highest BCUT2D eigenvalue weighted by molar-refractivity contribution is 8.00. The molecule has 2 heterocycles. The highest BCUT2D eigenvalue weighted by Crippen LogP contribution is 2.38. The number of anilines is 1. The van der Waals surface area contributed by atoms with E-state index < -0.39 is 11.5 Å². The molecule has 0 saturated carbocycles. The number of alkyl halides is 3. The molecule has 4 rings (SSSR count). The first-order valence-corrected chi connectivity index (χ1v) is 11.5. The molecule has 1 saturated heterocycles. The van der Waals surface area contributed by atoms with E-state index in [1.165, 1.54) is 12.1 Å². The van der Waals surface area contributed by atoms with E-state index in [-0.39, 0.29) is 27.9 Å². The van der Waals surface area contributed by atoms with Crippen LogP contribution >= 0.6 is 11.8 Å². The first kappa shape index (κ1) is 24.1. The minimum absolute atomic E-state index is 0.115. The highest BCUT2D eigenvalue weighted by atomic mass is 32.2. The summed E-state index contributed by atoms with van der Waals surface area (Å²) < 4.78 is 43.2. The molecule has 1 aliphatic heterocycles. The molecule has 0 radical (unpaired) electrons. The number of nitrogens with zero attached hydrogens (tertiary/aromatic N) is 3. The molecule has 34 heavy (non-hydrogen) atoms. The van der Waals surface area contributed by atoms with E-state index in [2.05, 4.69) is 28.6 Å². The number of aromatic nitrogens is 1. The van der Waals surface area contributed by atoms with Crippen LogP contribution in [-0.4, -0.2) is 40.1 Å². The third kappa shape index (κ3) is 6.09. The zero-order valence-corrected chi connectivity index (χ0v) is 19.6. The Morgan fingerprint density at radius 2 is 1.79 bits per heavy atom. The van der Waals surface area contributed by atoms with Crippen molar-refractivity contribution >= 4 is 23.4 Å². The summed E-state index contributed by atoms with van der Waals surface area (Å²) in [6.45, 7) is 6.14. The van der Waals surface area contributed by atoms with E-state index in [1.54, 1.807) is 48.7 Å². The number of benzene rings is 2. The molecular weight excluding hydrogens is 463 g/mol. The molecule has 0 bridgehead atoms. The fraction of sp³-hybridized carbons (Fsp3) is 0.280. The van der Waals surface area contributed by atoms with Crippen molar-refractivity contribution in [3.63, 3.8) is 0 Å². The van der Waals surface area contributed by atoms with Crippen molar-refractivity contribution in [1.29, 1.82) is 0 Å². The number of pyridine rings is 1. The van der Waals surface area contributed by atoms with Gasteiger partial charge >= 0.3 is 11.5 Å². The monoisotopic (exact) mass is 487 g/mol. The second-order valence-electron chi connectivity index (χ2n) is 8.64. The number of carbonyl (C=O) groups excluding carboxylic acids is 1. The van der Waals surface area contributed by atoms with Crippen LogP contribution in [0.25, 0.3) is 0 Å². The van der Waals surface area contributed by atoms with Gasteiger partial charge in [-0.3, -0.25) is 4.90 Å². The second kappa shape index (κ2) is 9.68. The van der Waals surface area contributed by atoms with Gasteiger partial charge in [-0.25, -0.2) is 9.78 Å². The van der Waals surface area contributed by atoms with Gasteiger partial charge in [-0.1, -0.05) is 18.2 Å². The van der Waals surface area contributed by atoms with Crippen molar-refractivity contribution in [2.75, 3.05) is 18.1 Å². The molecule has 2 aromatic carbocycles. The Bertz CT molecular complexity index is 1140. The molecule has 0 atom stereocenters. The lowest BCUT2D eigenvalue weighted by molar-refractivity contribution is -0.0328. The van der Waals surface area contributed by atoms with Crippen molar-refractivity contribution in [2.45, 2.75) is 36.3 Å². The zero-order chi connectivity index (χ0) is 24.3. The maximum atomic E-state index is 12.6. The van der Waals surface area contributed by atoms with Crippen LogP contribution in [0.4, 0.5) is 18.9 Å². The Morgan fingerprint density at radius 3 is 2.47 bits per heavy atom. The molecule has 0 amide bonds. The molecule has 1 fully saturated rings. The van der Waals surface area contributed by atoms with Gasteiger partial charge in [-0.05, 0) is 79.7 Å². The number of rotatable bonds is 6. The lowest BCUT2D eigenvalue weighted by atomic mass is 10.0.